The van der Waals surface area contributed by atoms with Crippen LogP contribution >= 0.6 is 0 Å². The van der Waals surface area contributed by atoms with Gasteiger partial charge in [-0.15, -0.1) is 0 Å². The third-order valence-corrected chi connectivity index (χ3v) is 4.94. The zero-order chi connectivity index (χ0) is 21.1. The number of carbonyl (C=O) groups excluding carboxylic acids is 1. The molecule has 8 heteroatoms. The lowest BCUT2D eigenvalue weighted by Crippen LogP contribution is -2.13. The van der Waals surface area contributed by atoms with Gasteiger partial charge in [0.1, 0.15) is 0 Å². The number of para-hydroxylation sites is 1. The number of amides is 1. The van der Waals surface area contributed by atoms with Crippen molar-refractivity contribution >= 4 is 38.2 Å². The van der Waals surface area contributed by atoms with Crippen LogP contribution < -0.4 is 10.0 Å². The molecule has 0 aliphatic rings. The number of benzene rings is 2. The molecule has 0 bridgehead atoms. The van der Waals surface area contributed by atoms with Crippen molar-refractivity contribution in [3.05, 3.63) is 84.6 Å². The molecule has 0 aliphatic heterocycles. The standard InChI is InChI=1S/C22H18N4O3S/c1-30(28,29)26-16-11-9-15(10-12-16)24-22(27)18-14-21(20-8-4-5-13-23-20)25-19-7-3-2-6-17(18)19/h2-14,26H,1H3,(H,24,27). The van der Waals surface area contributed by atoms with E-state index in [1.54, 1.807) is 36.5 Å². The van der Waals surface area contributed by atoms with Gasteiger partial charge in [0.2, 0.25) is 10.0 Å². The SMILES string of the molecule is CS(=O)(=O)Nc1ccc(NC(=O)c2cc(-c3ccccn3)nc3ccccc23)cc1. The highest BCUT2D eigenvalue weighted by Gasteiger charge is 2.15. The summed E-state index contributed by atoms with van der Waals surface area (Å²) in [5.41, 5.74) is 3.40. The van der Waals surface area contributed by atoms with Crippen LogP contribution in [0.5, 0.6) is 0 Å². The summed E-state index contributed by atoms with van der Waals surface area (Å²) in [7, 11) is -3.36. The van der Waals surface area contributed by atoms with Crippen LogP contribution in [0.3, 0.4) is 0 Å². The summed E-state index contributed by atoms with van der Waals surface area (Å²) in [5, 5.41) is 3.58. The monoisotopic (exact) mass is 418 g/mol. The first kappa shape index (κ1) is 19.5. The fourth-order valence-electron chi connectivity index (χ4n) is 3.04. The van der Waals surface area contributed by atoms with Crippen LogP contribution in [0.15, 0.2) is 79.0 Å². The summed E-state index contributed by atoms with van der Waals surface area (Å²) < 4.78 is 25.0. The first-order valence-corrected chi connectivity index (χ1v) is 11.0. The molecule has 4 aromatic rings. The lowest BCUT2D eigenvalue weighted by molar-refractivity contribution is 0.102. The minimum absolute atomic E-state index is 0.297. The Bertz CT molecular complexity index is 1320. The van der Waals surface area contributed by atoms with Gasteiger partial charge < -0.3 is 5.32 Å². The van der Waals surface area contributed by atoms with Crippen LogP contribution in [0.1, 0.15) is 10.4 Å². The third-order valence-electron chi connectivity index (χ3n) is 4.33. The molecule has 4 rings (SSSR count). The Labute approximate surface area is 173 Å². The molecule has 0 spiro atoms. The van der Waals surface area contributed by atoms with Crippen LogP contribution in [0.25, 0.3) is 22.3 Å². The summed E-state index contributed by atoms with van der Waals surface area (Å²) in [5.74, 6) is -0.297. The second-order valence-corrected chi connectivity index (χ2v) is 8.44. The highest BCUT2D eigenvalue weighted by atomic mass is 32.2. The van der Waals surface area contributed by atoms with E-state index < -0.39 is 10.0 Å². The Morgan fingerprint density at radius 3 is 2.27 bits per heavy atom. The van der Waals surface area contributed by atoms with E-state index in [1.807, 2.05) is 42.5 Å². The number of anilines is 2. The summed E-state index contributed by atoms with van der Waals surface area (Å²) in [4.78, 5) is 22.0. The number of hydrogen-bond donors (Lipinski definition) is 2. The maximum absolute atomic E-state index is 13.1. The molecule has 2 heterocycles. The number of fused-ring (bicyclic) bond motifs is 1. The summed E-state index contributed by atoms with van der Waals surface area (Å²) >= 11 is 0. The Hall–Kier alpha value is -3.78. The van der Waals surface area contributed by atoms with E-state index in [0.29, 0.717) is 33.8 Å². The Morgan fingerprint density at radius 1 is 0.867 bits per heavy atom. The van der Waals surface area contributed by atoms with Gasteiger partial charge in [0.15, 0.2) is 0 Å². The summed E-state index contributed by atoms with van der Waals surface area (Å²) in [6.07, 6.45) is 2.76. The zero-order valence-electron chi connectivity index (χ0n) is 16.0. The zero-order valence-corrected chi connectivity index (χ0v) is 16.8. The number of aromatic nitrogens is 2. The largest absolute Gasteiger partial charge is 0.322 e. The van der Waals surface area contributed by atoms with Crippen LogP contribution in [0.2, 0.25) is 0 Å². The molecule has 0 radical (unpaired) electrons. The van der Waals surface area contributed by atoms with Crippen molar-refractivity contribution in [2.75, 3.05) is 16.3 Å². The van der Waals surface area contributed by atoms with Crippen molar-refractivity contribution in [1.29, 1.82) is 0 Å². The highest BCUT2D eigenvalue weighted by molar-refractivity contribution is 7.92. The van der Waals surface area contributed by atoms with Gasteiger partial charge in [-0.3, -0.25) is 14.5 Å². The maximum atomic E-state index is 13.1. The smallest absolute Gasteiger partial charge is 0.256 e. The van der Waals surface area contributed by atoms with Crippen molar-refractivity contribution in [3.8, 4) is 11.4 Å². The topological polar surface area (TPSA) is 101 Å². The molecule has 0 atom stereocenters. The molecule has 0 aliphatic carbocycles. The van der Waals surface area contributed by atoms with Gasteiger partial charge in [-0.2, -0.15) is 0 Å². The first-order valence-electron chi connectivity index (χ1n) is 9.09. The second-order valence-electron chi connectivity index (χ2n) is 6.69. The molecule has 2 aromatic heterocycles. The van der Waals surface area contributed by atoms with E-state index in [1.165, 1.54) is 0 Å². The Balaban J connectivity index is 1.67. The van der Waals surface area contributed by atoms with E-state index in [4.69, 9.17) is 0 Å². The Morgan fingerprint density at radius 2 is 1.57 bits per heavy atom. The molecule has 0 saturated carbocycles. The Kier molecular flexibility index (Phi) is 5.16. The second kappa shape index (κ2) is 7.92. The van der Waals surface area contributed by atoms with E-state index in [2.05, 4.69) is 20.0 Å². The lowest BCUT2D eigenvalue weighted by atomic mass is 10.1. The highest BCUT2D eigenvalue weighted by Crippen LogP contribution is 2.25. The predicted octanol–water partition coefficient (Wildman–Crippen LogP) is 3.92. The number of hydrogen-bond acceptors (Lipinski definition) is 5. The number of rotatable bonds is 5. The molecular weight excluding hydrogens is 400 g/mol. The van der Waals surface area contributed by atoms with E-state index in [9.17, 15) is 13.2 Å². The van der Waals surface area contributed by atoms with Crippen LogP contribution in [0, 0.1) is 0 Å². The third kappa shape index (κ3) is 4.44. The normalized spacial score (nSPS) is 11.2. The quantitative estimate of drug-likeness (QED) is 0.512. The van der Waals surface area contributed by atoms with E-state index in [-0.39, 0.29) is 5.91 Å². The van der Waals surface area contributed by atoms with Crippen LogP contribution in [0.4, 0.5) is 11.4 Å². The predicted molar refractivity (Wildman–Crippen MR) is 118 cm³/mol. The molecule has 2 aromatic carbocycles. The lowest BCUT2D eigenvalue weighted by Gasteiger charge is -2.11. The van der Waals surface area contributed by atoms with Crippen molar-refractivity contribution in [3.63, 3.8) is 0 Å². The number of carbonyl (C=O) groups is 1. The first-order chi connectivity index (χ1) is 14.4. The fraction of sp³-hybridized carbons (Fsp3) is 0.0455. The minimum Gasteiger partial charge on any atom is -0.322 e. The molecule has 1 amide bonds. The summed E-state index contributed by atoms with van der Waals surface area (Å²) in [6, 6.07) is 21.1. The average Bonchev–Trinajstić information content (AvgIpc) is 2.74. The van der Waals surface area contributed by atoms with E-state index >= 15 is 0 Å². The van der Waals surface area contributed by atoms with Gasteiger partial charge in [-0.05, 0) is 48.5 Å². The van der Waals surface area contributed by atoms with Gasteiger partial charge in [-0.1, -0.05) is 24.3 Å². The molecule has 7 nitrogen and oxygen atoms in total. The number of nitrogens with zero attached hydrogens (tertiary/aromatic N) is 2. The number of sulfonamides is 1. The van der Waals surface area contributed by atoms with Gasteiger partial charge in [0.25, 0.3) is 5.91 Å². The minimum atomic E-state index is -3.36. The summed E-state index contributed by atoms with van der Waals surface area (Å²) in [6.45, 7) is 0. The number of nitrogens with one attached hydrogen (secondary N) is 2. The molecule has 30 heavy (non-hydrogen) atoms. The van der Waals surface area contributed by atoms with E-state index in [0.717, 1.165) is 11.6 Å². The average molecular weight is 418 g/mol. The molecular formula is C22H18N4O3S. The van der Waals surface area contributed by atoms with Gasteiger partial charge in [0.05, 0.1) is 28.7 Å². The number of pyridine rings is 2. The van der Waals surface area contributed by atoms with Crippen molar-refractivity contribution in [1.82, 2.24) is 9.97 Å². The van der Waals surface area contributed by atoms with Crippen molar-refractivity contribution < 1.29 is 13.2 Å². The van der Waals surface area contributed by atoms with Crippen molar-refractivity contribution in [2.45, 2.75) is 0 Å². The molecule has 0 fully saturated rings. The molecule has 150 valence electrons. The molecule has 2 N–H and O–H groups in total. The van der Waals surface area contributed by atoms with Crippen LogP contribution in [-0.4, -0.2) is 30.5 Å². The molecule has 0 unspecified atom stereocenters. The van der Waals surface area contributed by atoms with Crippen molar-refractivity contribution in [2.24, 2.45) is 0 Å². The van der Waals surface area contributed by atoms with Gasteiger partial charge in [-0.25, -0.2) is 13.4 Å². The van der Waals surface area contributed by atoms with Gasteiger partial charge in [0, 0.05) is 23.0 Å². The fourth-order valence-corrected chi connectivity index (χ4v) is 3.61. The van der Waals surface area contributed by atoms with Gasteiger partial charge >= 0.3 is 0 Å². The maximum Gasteiger partial charge on any atom is 0.256 e. The molecule has 0 saturated heterocycles. The van der Waals surface area contributed by atoms with Crippen LogP contribution in [-0.2, 0) is 10.0 Å².